The molecular formula is C14H27NO. The van der Waals surface area contributed by atoms with E-state index < -0.39 is 0 Å². The summed E-state index contributed by atoms with van der Waals surface area (Å²) in [6, 6.07) is 0. The minimum Gasteiger partial charge on any atom is -0.366 e. The minimum absolute atomic E-state index is 0.114. The van der Waals surface area contributed by atoms with Gasteiger partial charge in [0.2, 0.25) is 0 Å². The van der Waals surface area contributed by atoms with Crippen LogP contribution in [0.15, 0.2) is 0 Å². The Bertz CT molecular complexity index is 215. The number of nitrogens with one attached hydrogen (secondary N) is 1. The molecule has 0 aromatic carbocycles. The molecule has 2 heteroatoms. The highest BCUT2D eigenvalue weighted by Gasteiger charge is 2.43. The second kappa shape index (κ2) is 5.05. The largest absolute Gasteiger partial charge is 0.366 e. The van der Waals surface area contributed by atoms with Crippen LogP contribution in [0.3, 0.4) is 0 Å². The zero-order valence-electron chi connectivity index (χ0n) is 11.0. The first-order valence-corrected chi connectivity index (χ1v) is 7.15. The van der Waals surface area contributed by atoms with Crippen LogP contribution in [-0.2, 0) is 4.74 Å². The van der Waals surface area contributed by atoms with E-state index in [0.717, 1.165) is 25.9 Å². The third-order valence-corrected chi connectivity index (χ3v) is 4.63. The quantitative estimate of drug-likeness (QED) is 0.779. The predicted molar refractivity (Wildman–Crippen MR) is 67.7 cm³/mol. The molecule has 1 saturated heterocycles. The third kappa shape index (κ3) is 2.43. The van der Waals surface area contributed by atoms with Gasteiger partial charge in [-0.05, 0) is 25.7 Å². The van der Waals surface area contributed by atoms with Crippen molar-refractivity contribution < 1.29 is 4.74 Å². The van der Waals surface area contributed by atoms with E-state index in [9.17, 15) is 0 Å². The van der Waals surface area contributed by atoms with Gasteiger partial charge < -0.3 is 10.1 Å². The lowest BCUT2D eigenvalue weighted by Gasteiger charge is -2.48. The van der Waals surface area contributed by atoms with Crippen molar-refractivity contribution in [3.05, 3.63) is 0 Å². The molecule has 1 saturated carbocycles. The molecule has 2 rings (SSSR count). The van der Waals surface area contributed by atoms with Gasteiger partial charge in [-0.3, -0.25) is 0 Å². The molecule has 2 fully saturated rings. The fourth-order valence-corrected chi connectivity index (χ4v) is 3.35. The van der Waals surface area contributed by atoms with Gasteiger partial charge in [-0.2, -0.15) is 0 Å². The summed E-state index contributed by atoms with van der Waals surface area (Å²) in [5, 5.41) is 3.64. The van der Waals surface area contributed by atoms with Gasteiger partial charge in [-0.1, -0.05) is 39.5 Å². The number of hydrogen-bond donors (Lipinski definition) is 1. The van der Waals surface area contributed by atoms with Gasteiger partial charge in [0.05, 0.1) is 11.2 Å². The van der Waals surface area contributed by atoms with Gasteiger partial charge in [0.15, 0.2) is 0 Å². The van der Waals surface area contributed by atoms with Gasteiger partial charge in [0, 0.05) is 13.1 Å². The normalized spacial score (nSPS) is 28.9. The average molecular weight is 225 g/mol. The number of rotatable bonds is 2. The molecule has 0 aromatic rings. The van der Waals surface area contributed by atoms with E-state index >= 15 is 0 Å². The van der Waals surface area contributed by atoms with Crippen LogP contribution in [-0.4, -0.2) is 24.3 Å². The van der Waals surface area contributed by atoms with E-state index in [2.05, 4.69) is 19.2 Å². The Labute approximate surface area is 100 Å². The van der Waals surface area contributed by atoms with Crippen molar-refractivity contribution in [2.24, 2.45) is 0 Å². The molecule has 94 valence electrons. The summed E-state index contributed by atoms with van der Waals surface area (Å²) in [5.41, 5.74) is 0.281. The minimum atomic E-state index is 0.114. The summed E-state index contributed by atoms with van der Waals surface area (Å²) in [4.78, 5) is 0. The second-order valence-electron chi connectivity index (χ2n) is 5.69. The maximum absolute atomic E-state index is 6.62. The number of hydrogen-bond acceptors (Lipinski definition) is 2. The Hall–Kier alpha value is -0.0800. The average Bonchev–Trinajstić information content (AvgIpc) is 2.55. The van der Waals surface area contributed by atoms with Gasteiger partial charge in [0.1, 0.15) is 0 Å². The molecule has 0 radical (unpaired) electrons. The SMILES string of the molecule is CCC1(CC)CNCC2(CCCCCC2)O1. The number of ether oxygens (including phenoxy) is 1. The summed E-state index contributed by atoms with van der Waals surface area (Å²) in [5.74, 6) is 0. The summed E-state index contributed by atoms with van der Waals surface area (Å²) in [6.45, 7) is 6.65. The molecule has 0 amide bonds. The van der Waals surface area contributed by atoms with Crippen LogP contribution in [0.2, 0.25) is 0 Å². The van der Waals surface area contributed by atoms with E-state index in [0.29, 0.717) is 0 Å². The highest BCUT2D eigenvalue weighted by atomic mass is 16.5. The zero-order valence-corrected chi connectivity index (χ0v) is 11.0. The van der Waals surface area contributed by atoms with E-state index in [4.69, 9.17) is 4.74 Å². The Morgan fingerprint density at radius 2 is 1.56 bits per heavy atom. The first kappa shape index (κ1) is 12.4. The van der Waals surface area contributed by atoms with Gasteiger partial charge in [0.25, 0.3) is 0 Å². The van der Waals surface area contributed by atoms with Crippen molar-refractivity contribution in [2.75, 3.05) is 13.1 Å². The van der Waals surface area contributed by atoms with Crippen molar-refractivity contribution >= 4 is 0 Å². The smallest absolute Gasteiger partial charge is 0.0814 e. The van der Waals surface area contributed by atoms with Crippen LogP contribution in [0.1, 0.15) is 65.2 Å². The van der Waals surface area contributed by atoms with Gasteiger partial charge in [-0.15, -0.1) is 0 Å². The molecule has 16 heavy (non-hydrogen) atoms. The van der Waals surface area contributed by atoms with Gasteiger partial charge >= 0.3 is 0 Å². The van der Waals surface area contributed by atoms with Gasteiger partial charge in [-0.25, -0.2) is 0 Å². The molecule has 0 atom stereocenters. The lowest BCUT2D eigenvalue weighted by molar-refractivity contribution is -0.186. The topological polar surface area (TPSA) is 21.3 Å². The van der Waals surface area contributed by atoms with Crippen LogP contribution in [0.4, 0.5) is 0 Å². The maximum Gasteiger partial charge on any atom is 0.0814 e. The lowest BCUT2D eigenvalue weighted by Crippen LogP contribution is -2.59. The highest BCUT2D eigenvalue weighted by molar-refractivity contribution is 4.96. The summed E-state index contributed by atoms with van der Waals surface area (Å²) in [7, 11) is 0. The maximum atomic E-state index is 6.62. The van der Waals surface area contributed by atoms with Crippen molar-refractivity contribution in [3.63, 3.8) is 0 Å². The summed E-state index contributed by atoms with van der Waals surface area (Å²) < 4.78 is 6.62. The van der Waals surface area contributed by atoms with Crippen LogP contribution in [0.5, 0.6) is 0 Å². The Morgan fingerprint density at radius 3 is 2.12 bits per heavy atom. The number of morpholine rings is 1. The Balaban J connectivity index is 2.08. The molecule has 1 heterocycles. The fraction of sp³-hybridized carbons (Fsp3) is 1.00. The molecule has 1 aliphatic carbocycles. The second-order valence-corrected chi connectivity index (χ2v) is 5.69. The van der Waals surface area contributed by atoms with Crippen molar-refractivity contribution in [1.82, 2.24) is 5.32 Å². The zero-order chi connectivity index (χ0) is 11.5. The molecule has 0 aromatic heterocycles. The molecule has 1 N–H and O–H groups in total. The molecule has 2 nitrogen and oxygen atoms in total. The molecule has 2 aliphatic rings. The third-order valence-electron chi connectivity index (χ3n) is 4.63. The van der Waals surface area contributed by atoms with Crippen molar-refractivity contribution in [3.8, 4) is 0 Å². The molecule has 0 bridgehead atoms. The monoisotopic (exact) mass is 225 g/mol. The highest BCUT2D eigenvalue weighted by Crippen LogP contribution is 2.38. The van der Waals surface area contributed by atoms with E-state index in [1.807, 2.05) is 0 Å². The van der Waals surface area contributed by atoms with E-state index in [1.165, 1.54) is 38.5 Å². The van der Waals surface area contributed by atoms with E-state index in [-0.39, 0.29) is 11.2 Å². The van der Waals surface area contributed by atoms with Crippen LogP contribution in [0.25, 0.3) is 0 Å². The van der Waals surface area contributed by atoms with Crippen LogP contribution >= 0.6 is 0 Å². The molecule has 1 spiro atoms. The molecule has 0 unspecified atom stereocenters. The first-order chi connectivity index (χ1) is 7.74. The summed E-state index contributed by atoms with van der Waals surface area (Å²) >= 11 is 0. The standard InChI is InChI=1S/C14H27NO/c1-3-13(4-2)11-15-12-14(16-13)9-7-5-6-8-10-14/h15H,3-12H2,1-2H3. The fourth-order valence-electron chi connectivity index (χ4n) is 3.35. The van der Waals surface area contributed by atoms with Crippen LogP contribution < -0.4 is 5.32 Å². The predicted octanol–water partition coefficient (Wildman–Crippen LogP) is 3.26. The lowest BCUT2D eigenvalue weighted by atomic mass is 9.86. The molecular weight excluding hydrogens is 198 g/mol. The van der Waals surface area contributed by atoms with Crippen molar-refractivity contribution in [2.45, 2.75) is 76.4 Å². The van der Waals surface area contributed by atoms with E-state index in [1.54, 1.807) is 0 Å². The molecule has 1 aliphatic heterocycles. The first-order valence-electron chi connectivity index (χ1n) is 7.15. The Kier molecular flexibility index (Phi) is 3.91. The Morgan fingerprint density at radius 1 is 0.938 bits per heavy atom. The van der Waals surface area contributed by atoms with Crippen molar-refractivity contribution in [1.29, 1.82) is 0 Å². The van der Waals surface area contributed by atoms with Crippen LogP contribution in [0, 0.1) is 0 Å². The summed E-state index contributed by atoms with van der Waals surface area (Å²) in [6.07, 6.45) is 10.3.